The summed E-state index contributed by atoms with van der Waals surface area (Å²) in [5.74, 6) is 2.14. The minimum Gasteiger partial charge on any atom is -0.496 e. The molecule has 0 aromatic heterocycles. The van der Waals surface area contributed by atoms with Crippen LogP contribution in [0.4, 0.5) is 5.69 Å². The van der Waals surface area contributed by atoms with E-state index in [2.05, 4.69) is 0 Å². The standard InChI is InChI=1S/C27H26N2O4/c1-17-10-12-21(14-18(17)2)29-26(20-11-13-24(32-4)25(16-20)33-5)28-22(27(29)30)15-19-8-6-7-9-23(19)31-3/h6-16H,1-5H3/b22-15-. The Morgan fingerprint density at radius 2 is 1.52 bits per heavy atom. The SMILES string of the molecule is COc1ccccc1/C=C1\N=C(c2ccc(OC)c(OC)c2)N(c2ccc(C)c(C)c2)C1=O. The van der Waals surface area contributed by atoms with Crippen molar-refractivity contribution in [2.45, 2.75) is 13.8 Å². The number of amides is 1. The van der Waals surface area contributed by atoms with Crippen molar-refractivity contribution >= 4 is 23.5 Å². The Labute approximate surface area is 193 Å². The molecule has 0 aliphatic carbocycles. The third-order valence-corrected chi connectivity index (χ3v) is 5.68. The van der Waals surface area contributed by atoms with Crippen LogP contribution < -0.4 is 19.1 Å². The zero-order chi connectivity index (χ0) is 23.5. The predicted octanol–water partition coefficient (Wildman–Crippen LogP) is 5.16. The van der Waals surface area contributed by atoms with Gasteiger partial charge in [0.05, 0.1) is 27.0 Å². The molecule has 0 saturated carbocycles. The Hall–Kier alpha value is -4.06. The second-order valence-corrected chi connectivity index (χ2v) is 7.69. The first-order valence-corrected chi connectivity index (χ1v) is 10.5. The van der Waals surface area contributed by atoms with Crippen molar-refractivity contribution in [3.63, 3.8) is 0 Å². The number of hydrogen-bond acceptors (Lipinski definition) is 5. The molecule has 33 heavy (non-hydrogen) atoms. The van der Waals surface area contributed by atoms with E-state index in [1.54, 1.807) is 32.3 Å². The molecule has 1 aliphatic rings. The molecule has 0 unspecified atom stereocenters. The van der Waals surface area contributed by atoms with Crippen LogP contribution in [0.1, 0.15) is 22.3 Å². The largest absolute Gasteiger partial charge is 0.496 e. The van der Waals surface area contributed by atoms with Gasteiger partial charge < -0.3 is 14.2 Å². The molecule has 0 saturated heterocycles. The van der Waals surface area contributed by atoms with Crippen LogP contribution in [0.3, 0.4) is 0 Å². The molecular weight excluding hydrogens is 416 g/mol. The van der Waals surface area contributed by atoms with E-state index >= 15 is 0 Å². The van der Waals surface area contributed by atoms with E-state index in [-0.39, 0.29) is 5.91 Å². The Morgan fingerprint density at radius 3 is 2.21 bits per heavy atom. The molecule has 6 nitrogen and oxygen atoms in total. The number of aliphatic imine (C=N–C) groups is 1. The number of amidine groups is 1. The minimum absolute atomic E-state index is 0.214. The van der Waals surface area contributed by atoms with Gasteiger partial charge in [0.1, 0.15) is 17.3 Å². The minimum atomic E-state index is -0.214. The predicted molar refractivity (Wildman–Crippen MR) is 130 cm³/mol. The summed E-state index contributed by atoms with van der Waals surface area (Å²) in [5.41, 5.74) is 4.83. The first-order valence-electron chi connectivity index (χ1n) is 10.5. The van der Waals surface area contributed by atoms with Gasteiger partial charge in [-0.25, -0.2) is 4.99 Å². The van der Waals surface area contributed by atoms with E-state index in [4.69, 9.17) is 19.2 Å². The van der Waals surface area contributed by atoms with Crippen molar-refractivity contribution in [3.8, 4) is 17.2 Å². The maximum Gasteiger partial charge on any atom is 0.282 e. The zero-order valence-corrected chi connectivity index (χ0v) is 19.4. The molecule has 3 aromatic rings. The van der Waals surface area contributed by atoms with Gasteiger partial charge in [0.15, 0.2) is 11.5 Å². The molecule has 168 valence electrons. The summed E-state index contributed by atoms with van der Waals surface area (Å²) in [7, 11) is 4.77. The molecule has 1 amide bonds. The summed E-state index contributed by atoms with van der Waals surface area (Å²) in [6, 6.07) is 19.0. The van der Waals surface area contributed by atoms with Crippen LogP contribution in [0.5, 0.6) is 17.2 Å². The Bertz CT molecular complexity index is 1280. The van der Waals surface area contributed by atoms with Gasteiger partial charge in [0, 0.05) is 11.1 Å². The zero-order valence-electron chi connectivity index (χ0n) is 19.4. The van der Waals surface area contributed by atoms with Crippen LogP contribution in [0.25, 0.3) is 6.08 Å². The molecule has 0 N–H and O–H groups in total. The van der Waals surface area contributed by atoms with Gasteiger partial charge in [-0.1, -0.05) is 24.3 Å². The van der Waals surface area contributed by atoms with E-state index in [1.807, 2.05) is 74.5 Å². The number of ether oxygens (including phenoxy) is 3. The lowest BCUT2D eigenvalue weighted by molar-refractivity contribution is -0.113. The highest BCUT2D eigenvalue weighted by Gasteiger charge is 2.33. The fraction of sp³-hybridized carbons (Fsp3) is 0.185. The highest BCUT2D eigenvalue weighted by atomic mass is 16.5. The Kier molecular flexibility index (Phi) is 6.18. The summed E-state index contributed by atoms with van der Waals surface area (Å²) in [4.78, 5) is 20.0. The molecule has 1 aliphatic heterocycles. The summed E-state index contributed by atoms with van der Waals surface area (Å²) < 4.78 is 16.3. The van der Waals surface area contributed by atoms with Gasteiger partial charge >= 0.3 is 0 Å². The van der Waals surface area contributed by atoms with Crippen LogP contribution in [-0.2, 0) is 4.79 Å². The van der Waals surface area contributed by atoms with Crippen LogP contribution >= 0.6 is 0 Å². The number of rotatable bonds is 6. The van der Waals surface area contributed by atoms with Crippen LogP contribution in [-0.4, -0.2) is 33.1 Å². The number of anilines is 1. The van der Waals surface area contributed by atoms with Crippen LogP contribution in [0.2, 0.25) is 0 Å². The highest BCUT2D eigenvalue weighted by molar-refractivity contribution is 6.33. The van der Waals surface area contributed by atoms with Crippen LogP contribution in [0, 0.1) is 13.8 Å². The second-order valence-electron chi connectivity index (χ2n) is 7.69. The number of carbonyl (C=O) groups excluding carboxylic acids is 1. The Balaban J connectivity index is 1.88. The lowest BCUT2D eigenvalue weighted by Crippen LogP contribution is -2.32. The second kappa shape index (κ2) is 9.20. The number of nitrogens with zero attached hydrogens (tertiary/aromatic N) is 2. The summed E-state index contributed by atoms with van der Waals surface area (Å²) in [6.07, 6.45) is 1.75. The van der Waals surface area contributed by atoms with Crippen molar-refractivity contribution < 1.29 is 19.0 Å². The Morgan fingerprint density at radius 1 is 0.788 bits per heavy atom. The van der Waals surface area contributed by atoms with E-state index in [0.717, 1.165) is 27.9 Å². The average molecular weight is 443 g/mol. The topological polar surface area (TPSA) is 60.4 Å². The van der Waals surface area contributed by atoms with Crippen molar-refractivity contribution in [1.82, 2.24) is 0 Å². The first-order chi connectivity index (χ1) is 16.0. The maximum atomic E-state index is 13.6. The lowest BCUT2D eigenvalue weighted by Gasteiger charge is -2.20. The molecule has 0 atom stereocenters. The number of hydrogen-bond donors (Lipinski definition) is 0. The monoisotopic (exact) mass is 442 g/mol. The summed E-state index contributed by atoms with van der Waals surface area (Å²) >= 11 is 0. The molecular formula is C27H26N2O4. The van der Waals surface area contributed by atoms with Gasteiger partial charge in [-0.2, -0.15) is 0 Å². The number of aryl methyl sites for hydroxylation is 2. The van der Waals surface area contributed by atoms with Crippen molar-refractivity contribution in [1.29, 1.82) is 0 Å². The smallest absolute Gasteiger partial charge is 0.282 e. The van der Waals surface area contributed by atoms with E-state index < -0.39 is 0 Å². The summed E-state index contributed by atoms with van der Waals surface area (Å²) in [6.45, 7) is 4.07. The first kappa shape index (κ1) is 22.1. The van der Waals surface area contributed by atoms with E-state index in [1.165, 1.54) is 0 Å². The fourth-order valence-electron chi connectivity index (χ4n) is 3.72. The fourth-order valence-corrected chi connectivity index (χ4v) is 3.72. The highest BCUT2D eigenvalue weighted by Crippen LogP contribution is 2.34. The molecule has 0 fully saturated rings. The molecule has 4 rings (SSSR count). The molecule has 0 bridgehead atoms. The molecule has 0 radical (unpaired) electrons. The van der Waals surface area contributed by atoms with Crippen molar-refractivity contribution in [2.24, 2.45) is 4.99 Å². The third-order valence-electron chi connectivity index (χ3n) is 5.68. The van der Waals surface area contributed by atoms with E-state index in [9.17, 15) is 4.79 Å². The molecule has 0 spiro atoms. The number of benzene rings is 3. The number of para-hydroxylation sites is 1. The number of methoxy groups -OCH3 is 3. The molecule has 6 heteroatoms. The third kappa shape index (κ3) is 4.20. The van der Waals surface area contributed by atoms with Gasteiger partial charge in [-0.3, -0.25) is 9.69 Å². The van der Waals surface area contributed by atoms with Crippen molar-refractivity contribution in [3.05, 3.63) is 88.6 Å². The van der Waals surface area contributed by atoms with Crippen molar-refractivity contribution in [2.75, 3.05) is 26.2 Å². The number of carbonyl (C=O) groups is 1. The van der Waals surface area contributed by atoms with Crippen LogP contribution in [0.15, 0.2) is 71.4 Å². The molecule has 3 aromatic carbocycles. The van der Waals surface area contributed by atoms with Gasteiger partial charge in [0.2, 0.25) is 0 Å². The quantitative estimate of drug-likeness (QED) is 0.495. The summed E-state index contributed by atoms with van der Waals surface area (Å²) in [5, 5.41) is 0. The average Bonchev–Trinajstić information content (AvgIpc) is 3.16. The van der Waals surface area contributed by atoms with E-state index in [0.29, 0.717) is 28.8 Å². The maximum absolute atomic E-state index is 13.6. The normalized spacial score (nSPS) is 14.5. The van der Waals surface area contributed by atoms with Gasteiger partial charge in [0.25, 0.3) is 5.91 Å². The van der Waals surface area contributed by atoms with Gasteiger partial charge in [-0.15, -0.1) is 0 Å². The van der Waals surface area contributed by atoms with Gasteiger partial charge in [-0.05, 0) is 67.4 Å². The lowest BCUT2D eigenvalue weighted by atomic mass is 10.1. The molecule has 1 heterocycles.